The number of benzene rings is 3. The van der Waals surface area contributed by atoms with Crippen LogP contribution in [-0.4, -0.2) is 93.5 Å². The number of methoxy groups -OCH3 is 1. The maximum absolute atomic E-state index is 13.9. The molecule has 2 heterocycles. The monoisotopic (exact) mass is 854 g/mol. The third kappa shape index (κ3) is 13.5. The molecule has 17 nitrogen and oxygen atoms in total. The number of esters is 2. The lowest BCUT2D eigenvalue weighted by atomic mass is 9.98. The molecular formula is C42H51ClN4O13. The maximum atomic E-state index is 13.9. The molecule has 1 aromatic heterocycles. The number of hydrogen-bond donors (Lipinski definition) is 4. The van der Waals surface area contributed by atoms with Gasteiger partial charge in [0.05, 0.1) is 68.4 Å². The van der Waals surface area contributed by atoms with Crippen LogP contribution in [0.1, 0.15) is 78.1 Å². The second kappa shape index (κ2) is 23.6. The van der Waals surface area contributed by atoms with Gasteiger partial charge in [-0.1, -0.05) is 43.1 Å². The molecule has 0 amide bonds. The first kappa shape index (κ1) is 46.0. The van der Waals surface area contributed by atoms with Crippen LogP contribution in [0, 0.1) is 0 Å². The predicted molar refractivity (Wildman–Crippen MR) is 215 cm³/mol. The second-order valence-corrected chi connectivity index (χ2v) is 14.1. The highest BCUT2D eigenvalue weighted by Gasteiger charge is 2.23. The van der Waals surface area contributed by atoms with E-state index in [1.807, 2.05) is 22.9 Å². The molecule has 0 fully saturated rings. The Bertz CT molecular complexity index is 2060. The van der Waals surface area contributed by atoms with E-state index in [1.165, 1.54) is 0 Å². The molecule has 1 aliphatic heterocycles. The zero-order chi connectivity index (χ0) is 42.9. The van der Waals surface area contributed by atoms with Gasteiger partial charge in [0.1, 0.15) is 23.9 Å². The highest BCUT2D eigenvalue weighted by Crippen LogP contribution is 2.38. The number of carbonyl (C=O) groups is 2. The fraction of sp³-hybridized carbons (Fsp3) is 0.405. The van der Waals surface area contributed by atoms with E-state index in [-0.39, 0.29) is 50.2 Å². The van der Waals surface area contributed by atoms with Crippen molar-refractivity contribution in [1.29, 1.82) is 0 Å². The van der Waals surface area contributed by atoms with E-state index in [4.69, 9.17) is 61.2 Å². The van der Waals surface area contributed by atoms with E-state index >= 15 is 0 Å². The van der Waals surface area contributed by atoms with Crippen molar-refractivity contribution in [1.82, 2.24) is 20.6 Å². The molecule has 1 aliphatic rings. The third-order valence-electron chi connectivity index (χ3n) is 9.43. The average Bonchev–Trinajstić information content (AvgIpc) is 3.87. The molecule has 18 heteroatoms. The Morgan fingerprint density at radius 3 is 2.32 bits per heavy atom. The van der Waals surface area contributed by atoms with Gasteiger partial charge in [0.2, 0.25) is 0 Å². The summed E-state index contributed by atoms with van der Waals surface area (Å²) in [5.41, 5.74) is 4.87. The molecule has 4 N–H and O–H groups in total. The van der Waals surface area contributed by atoms with Crippen LogP contribution in [0.5, 0.6) is 17.2 Å². The number of ether oxygens (including phenoxy) is 5. The van der Waals surface area contributed by atoms with Crippen LogP contribution in [0.3, 0.4) is 0 Å². The van der Waals surface area contributed by atoms with Crippen molar-refractivity contribution < 1.29 is 63.8 Å². The lowest BCUT2D eigenvalue weighted by molar-refractivity contribution is -0.492. The van der Waals surface area contributed by atoms with Crippen LogP contribution >= 0.6 is 11.6 Å². The first-order chi connectivity index (χ1) is 29.1. The molecule has 0 spiro atoms. The minimum Gasteiger partial charge on any atom is -0.496 e. The number of hydrogen-bond acceptors (Lipinski definition) is 16. The first-order valence-corrected chi connectivity index (χ1v) is 20.0. The van der Waals surface area contributed by atoms with Crippen LogP contribution in [0.15, 0.2) is 66.4 Å². The summed E-state index contributed by atoms with van der Waals surface area (Å²) in [5.74, 6) is 0.641. The number of carbonyl (C=O) groups excluding carboxylic acids is 2. The average molecular weight is 855 g/mol. The van der Waals surface area contributed by atoms with E-state index in [2.05, 4.69) is 16.6 Å². The van der Waals surface area contributed by atoms with Gasteiger partial charge in [0.25, 0.3) is 0 Å². The molecule has 0 saturated carbocycles. The smallest absolute Gasteiger partial charge is 0.338 e. The fourth-order valence-corrected chi connectivity index (χ4v) is 6.60. The van der Waals surface area contributed by atoms with Crippen molar-refractivity contribution in [3.8, 4) is 28.5 Å². The number of rotatable bonds is 25. The fourth-order valence-electron chi connectivity index (χ4n) is 6.44. The Morgan fingerprint density at radius 2 is 1.60 bits per heavy atom. The number of nitrogens with zero attached hydrogens (tertiary/aromatic N) is 4. The van der Waals surface area contributed by atoms with Crippen molar-refractivity contribution in [2.75, 3.05) is 40.1 Å². The Labute approximate surface area is 352 Å². The van der Waals surface area contributed by atoms with Gasteiger partial charge in [0.15, 0.2) is 0 Å². The lowest BCUT2D eigenvalue weighted by Crippen LogP contribution is -2.16. The molecule has 60 heavy (non-hydrogen) atoms. The van der Waals surface area contributed by atoms with Gasteiger partial charge in [-0.15, -0.1) is 0 Å². The second-order valence-electron chi connectivity index (χ2n) is 13.7. The molecule has 0 aliphatic carbocycles. The van der Waals surface area contributed by atoms with Crippen molar-refractivity contribution in [3.63, 3.8) is 0 Å². The molecule has 0 atom stereocenters. The van der Waals surface area contributed by atoms with E-state index in [0.717, 1.165) is 36.1 Å². The van der Waals surface area contributed by atoms with Crippen LogP contribution in [0.25, 0.3) is 17.3 Å². The SMILES string of the molecule is CCCCn1ncc(/C=C(\Cc2cc3c(cc2OC)CCO3)C(=O)OCCCCON(O)O)c1-c1ccc(Cl)cc1OCc1ccccc1C(=O)OCCCCON(O)O. The van der Waals surface area contributed by atoms with E-state index < -0.39 is 11.9 Å². The largest absolute Gasteiger partial charge is 0.496 e. The summed E-state index contributed by atoms with van der Waals surface area (Å²) in [7, 11) is 1.58. The van der Waals surface area contributed by atoms with Crippen molar-refractivity contribution in [2.24, 2.45) is 0 Å². The summed E-state index contributed by atoms with van der Waals surface area (Å²) in [5, 5.41) is 39.4. The summed E-state index contributed by atoms with van der Waals surface area (Å²) in [6, 6.07) is 16.0. The highest BCUT2D eigenvalue weighted by atomic mass is 35.5. The zero-order valence-electron chi connectivity index (χ0n) is 33.6. The summed E-state index contributed by atoms with van der Waals surface area (Å²) >= 11 is 6.55. The van der Waals surface area contributed by atoms with Crippen LogP contribution in [-0.2, 0) is 49.9 Å². The van der Waals surface area contributed by atoms with Gasteiger partial charge >= 0.3 is 11.9 Å². The van der Waals surface area contributed by atoms with E-state index in [1.54, 1.807) is 55.8 Å². The molecule has 4 aromatic rings. The van der Waals surface area contributed by atoms with Gasteiger partial charge in [-0.05, 0) is 74.6 Å². The van der Waals surface area contributed by atoms with Gasteiger partial charge in [0, 0.05) is 57.8 Å². The normalized spacial score (nSPS) is 12.4. The van der Waals surface area contributed by atoms with Crippen LogP contribution < -0.4 is 14.2 Å². The van der Waals surface area contributed by atoms with Crippen LogP contribution in [0.4, 0.5) is 0 Å². The first-order valence-electron chi connectivity index (χ1n) is 19.6. The van der Waals surface area contributed by atoms with Gasteiger partial charge in [-0.2, -0.15) is 5.10 Å². The van der Waals surface area contributed by atoms with Crippen molar-refractivity contribution in [3.05, 3.63) is 99.2 Å². The van der Waals surface area contributed by atoms with Gasteiger partial charge in [-0.25, -0.2) is 9.59 Å². The predicted octanol–water partition coefficient (Wildman–Crippen LogP) is 7.44. The topological polar surface area (TPSA) is 204 Å². The Hall–Kier alpha value is -5.08. The Morgan fingerprint density at radius 1 is 0.883 bits per heavy atom. The molecule has 0 radical (unpaired) electrons. The Balaban J connectivity index is 1.45. The number of aromatic nitrogens is 2. The number of aryl methyl sites for hydroxylation is 1. The molecular weight excluding hydrogens is 804 g/mol. The third-order valence-corrected chi connectivity index (χ3v) is 9.67. The molecule has 0 bridgehead atoms. The molecule has 0 saturated heterocycles. The summed E-state index contributed by atoms with van der Waals surface area (Å²) in [6.45, 7) is 3.37. The number of unbranched alkanes of at least 4 members (excludes halogenated alkanes) is 3. The number of fused-ring (bicyclic) bond motifs is 1. The zero-order valence-corrected chi connectivity index (χ0v) is 34.3. The van der Waals surface area contributed by atoms with Crippen LogP contribution in [0.2, 0.25) is 5.02 Å². The Kier molecular flexibility index (Phi) is 18.1. The van der Waals surface area contributed by atoms with Gasteiger partial charge in [-0.3, -0.25) is 35.2 Å². The van der Waals surface area contributed by atoms with E-state index in [0.29, 0.717) is 88.9 Å². The number of halogens is 1. The lowest BCUT2D eigenvalue weighted by Gasteiger charge is -2.17. The summed E-state index contributed by atoms with van der Waals surface area (Å²) in [4.78, 5) is 36.2. The minimum absolute atomic E-state index is 0.00976. The highest BCUT2D eigenvalue weighted by molar-refractivity contribution is 6.30. The quantitative estimate of drug-likeness (QED) is 0.0221. The molecule has 5 rings (SSSR count). The minimum atomic E-state index is -0.566. The molecule has 0 unspecified atom stereocenters. The van der Waals surface area contributed by atoms with Crippen molar-refractivity contribution >= 4 is 29.6 Å². The molecule has 324 valence electrons. The summed E-state index contributed by atoms with van der Waals surface area (Å²) in [6.07, 6.45) is 7.70. The molecule has 3 aromatic carbocycles. The van der Waals surface area contributed by atoms with Crippen molar-refractivity contribution in [2.45, 2.75) is 71.4 Å². The van der Waals surface area contributed by atoms with Gasteiger partial charge < -0.3 is 23.7 Å². The maximum Gasteiger partial charge on any atom is 0.338 e. The standard InChI is InChI=1S/C42H51ClN4O13/c1-3-4-16-45-40(36-14-13-34(43)26-39(36)58-28-30-11-5-6-12-35(30)42(49)57-18-8-10-20-60-47(52)53)33(27-44-45)23-32(41(48)56-17-7-9-19-59-46(50)51)22-31-25-38-29(15-21-55-38)24-37(31)54-2/h5-6,11-14,23-27,50-53H,3-4,7-10,15-22,28H2,1-2H3/b32-23+. The summed E-state index contributed by atoms with van der Waals surface area (Å²) < 4.78 is 31.1. The van der Waals surface area contributed by atoms with E-state index in [9.17, 15) is 9.59 Å².